The van der Waals surface area contributed by atoms with E-state index in [9.17, 15) is 4.79 Å². The highest BCUT2D eigenvalue weighted by Crippen LogP contribution is 2.24. The molecule has 0 amide bonds. The van der Waals surface area contributed by atoms with Crippen LogP contribution in [0.15, 0.2) is 0 Å². The lowest BCUT2D eigenvalue weighted by atomic mass is 9.91. The van der Waals surface area contributed by atoms with Crippen molar-refractivity contribution in [3.8, 4) is 0 Å². The molecule has 2 N–H and O–H groups in total. The number of nitrogens with zero attached hydrogens (tertiary/aromatic N) is 1. The molecule has 88 valence electrons. The van der Waals surface area contributed by atoms with Gasteiger partial charge in [-0.15, -0.1) is 0 Å². The summed E-state index contributed by atoms with van der Waals surface area (Å²) in [6.45, 7) is 1.87. The molecule has 1 aliphatic rings. The second-order valence-corrected chi connectivity index (χ2v) is 4.20. The summed E-state index contributed by atoms with van der Waals surface area (Å²) >= 11 is 0. The summed E-state index contributed by atoms with van der Waals surface area (Å²) in [5.41, 5.74) is 0. The lowest BCUT2D eigenvalue weighted by Gasteiger charge is -2.37. The second kappa shape index (κ2) is 6.80. The average molecular weight is 215 g/mol. The molecule has 0 spiro atoms. The van der Waals surface area contributed by atoms with Crippen molar-refractivity contribution in [3.63, 3.8) is 0 Å². The predicted octanol–water partition coefficient (Wildman–Crippen LogP) is 1.09. The quantitative estimate of drug-likeness (QED) is 0.595. The van der Waals surface area contributed by atoms with Gasteiger partial charge in [-0.3, -0.25) is 9.69 Å². The van der Waals surface area contributed by atoms with Gasteiger partial charge in [-0.05, 0) is 32.2 Å². The van der Waals surface area contributed by atoms with Crippen LogP contribution >= 0.6 is 0 Å². The fourth-order valence-electron chi connectivity index (χ4n) is 1.95. The van der Waals surface area contributed by atoms with E-state index in [1.807, 2.05) is 0 Å². The molecule has 0 bridgehead atoms. The van der Waals surface area contributed by atoms with Crippen molar-refractivity contribution in [3.05, 3.63) is 0 Å². The first-order valence-electron chi connectivity index (χ1n) is 5.80. The van der Waals surface area contributed by atoms with E-state index in [0.717, 1.165) is 25.9 Å². The Balaban J connectivity index is 2.10. The number of aliphatic hydroxyl groups excluding tert-OH is 1. The number of hydrogen-bond donors (Lipinski definition) is 2. The van der Waals surface area contributed by atoms with Crippen LogP contribution in [0.2, 0.25) is 0 Å². The van der Waals surface area contributed by atoms with Gasteiger partial charge in [0.2, 0.25) is 0 Å². The molecule has 0 unspecified atom stereocenters. The first-order valence-corrected chi connectivity index (χ1v) is 5.80. The Morgan fingerprint density at radius 3 is 2.47 bits per heavy atom. The number of aliphatic carboxylic acids is 1. The highest BCUT2D eigenvalue weighted by atomic mass is 16.4. The van der Waals surface area contributed by atoms with E-state index in [-0.39, 0.29) is 13.0 Å². The van der Waals surface area contributed by atoms with Gasteiger partial charge in [0.25, 0.3) is 0 Å². The first kappa shape index (κ1) is 12.5. The van der Waals surface area contributed by atoms with Gasteiger partial charge in [-0.2, -0.15) is 0 Å². The van der Waals surface area contributed by atoms with Crippen LogP contribution in [0.1, 0.15) is 38.5 Å². The molecule has 4 heteroatoms. The van der Waals surface area contributed by atoms with Gasteiger partial charge in [0.05, 0.1) is 6.61 Å². The topological polar surface area (TPSA) is 60.8 Å². The molecule has 1 fully saturated rings. The van der Waals surface area contributed by atoms with Crippen LogP contribution < -0.4 is 0 Å². The van der Waals surface area contributed by atoms with Gasteiger partial charge in [-0.1, -0.05) is 6.42 Å². The molecule has 0 saturated heterocycles. The summed E-state index contributed by atoms with van der Waals surface area (Å²) in [6, 6.07) is 0.641. The third kappa shape index (κ3) is 4.62. The minimum atomic E-state index is -0.715. The number of carboxylic acid groups (broad SMARTS) is 1. The smallest absolute Gasteiger partial charge is 0.303 e. The summed E-state index contributed by atoms with van der Waals surface area (Å²) in [7, 11) is 0. The van der Waals surface area contributed by atoms with E-state index in [0.29, 0.717) is 6.04 Å². The van der Waals surface area contributed by atoms with Crippen molar-refractivity contribution in [2.24, 2.45) is 0 Å². The Labute approximate surface area is 90.9 Å². The SMILES string of the molecule is O=C(O)CCCCN(CCO)C1CCC1. The maximum Gasteiger partial charge on any atom is 0.303 e. The zero-order chi connectivity index (χ0) is 11.1. The molecule has 0 atom stereocenters. The highest BCUT2D eigenvalue weighted by Gasteiger charge is 2.23. The average Bonchev–Trinajstić information content (AvgIpc) is 2.09. The summed E-state index contributed by atoms with van der Waals surface area (Å²) in [5.74, 6) is -0.715. The van der Waals surface area contributed by atoms with Crippen LogP contribution in [-0.2, 0) is 4.79 Å². The van der Waals surface area contributed by atoms with Crippen molar-refractivity contribution in [1.29, 1.82) is 0 Å². The van der Waals surface area contributed by atoms with Crippen molar-refractivity contribution in [1.82, 2.24) is 4.90 Å². The molecule has 0 radical (unpaired) electrons. The minimum absolute atomic E-state index is 0.204. The monoisotopic (exact) mass is 215 g/mol. The fourth-order valence-corrected chi connectivity index (χ4v) is 1.95. The summed E-state index contributed by atoms with van der Waals surface area (Å²) in [5, 5.41) is 17.4. The maximum atomic E-state index is 10.3. The van der Waals surface area contributed by atoms with Gasteiger partial charge >= 0.3 is 5.97 Å². The maximum absolute atomic E-state index is 10.3. The molecule has 0 aromatic carbocycles. The molecule has 0 aromatic rings. The molecule has 4 nitrogen and oxygen atoms in total. The van der Waals surface area contributed by atoms with Gasteiger partial charge < -0.3 is 10.2 Å². The Kier molecular flexibility index (Phi) is 5.65. The second-order valence-electron chi connectivity index (χ2n) is 4.20. The Morgan fingerprint density at radius 1 is 1.27 bits per heavy atom. The molecule has 0 heterocycles. The van der Waals surface area contributed by atoms with Gasteiger partial charge in [0.15, 0.2) is 0 Å². The molecule has 1 saturated carbocycles. The number of aliphatic hydroxyl groups is 1. The molecule has 1 rings (SSSR count). The lowest BCUT2D eigenvalue weighted by molar-refractivity contribution is -0.137. The molecule has 0 aromatic heterocycles. The number of hydrogen-bond acceptors (Lipinski definition) is 3. The van der Waals surface area contributed by atoms with E-state index >= 15 is 0 Å². The highest BCUT2D eigenvalue weighted by molar-refractivity contribution is 5.66. The minimum Gasteiger partial charge on any atom is -0.481 e. The zero-order valence-electron chi connectivity index (χ0n) is 9.19. The fraction of sp³-hybridized carbons (Fsp3) is 0.909. The molecule has 0 aliphatic heterocycles. The molecule has 1 aliphatic carbocycles. The number of unbranched alkanes of at least 4 members (excludes halogenated alkanes) is 1. The number of carboxylic acids is 1. The van der Waals surface area contributed by atoms with Crippen molar-refractivity contribution >= 4 is 5.97 Å². The van der Waals surface area contributed by atoms with Gasteiger partial charge in [0, 0.05) is 19.0 Å². The van der Waals surface area contributed by atoms with E-state index in [2.05, 4.69) is 4.90 Å². The molecular formula is C11H21NO3. The van der Waals surface area contributed by atoms with Gasteiger partial charge in [-0.25, -0.2) is 0 Å². The first-order chi connectivity index (χ1) is 7.24. The van der Waals surface area contributed by atoms with E-state index in [1.165, 1.54) is 19.3 Å². The third-order valence-corrected chi connectivity index (χ3v) is 3.06. The van der Waals surface area contributed by atoms with E-state index in [1.54, 1.807) is 0 Å². The van der Waals surface area contributed by atoms with Crippen LogP contribution in [0, 0.1) is 0 Å². The summed E-state index contributed by atoms with van der Waals surface area (Å²) in [4.78, 5) is 12.6. The van der Waals surface area contributed by atoms with E-state index in [4.69, 9.17) is 10.2 Å². The van der Waals surface area contributed by atoms with Crippen molar-refractivity contribution < 1.29 is 15.0 Å². The Hall–Kier alpha value is -0.610. The predicted molar refractivity (Wildman–Crippen MR) is 57.8 cm³/mol. The van der Waals surface area contributed by atoms with Crippen LogP contribution in [0.3, 0.4) is 0 Å². The van der Waals surface area contributed by atoms with Crippen LogP contribution in [0.4, 0.5) is 0 Å². The lowest BCUT2D eigenvalue weighted by Crippen LogP contribution is -2.42. The number of carbonyl (C=O) groups is 1. The standard InChI is InChI=1S/C11H21NO3/c13-9-8-12(10-4-3-5-10)7-2-1-6-11(14)15/h10,13H,1-9H2,(H,14,15). The van der Waals surface area contributed by atoms with Crippen LogP contribution in [0.25, 0.3) is 0 Å². The van der Waals surface area contributed by atoms with E-state index < -0.39 is 5.97 Å². The normalized spacial score (nSPS) is 16.7. The zero-order valence-corrected chi connectivity index (χ0v) is 9.19. The Bertz CT molecular complexity index is 192. The summed E-state index contributed by atoms with van der Waals surface area (Å²) in [6.07, 6.45) is 5.68. The Morgan fingerprint density at radius 2 is 2.00 bits per heavy atom. The van der Waals surface area contributed by atoms with Gasteiger partial charge in [0.1, 0.15) is 0 Å². The summed E-state index contributed by atoms with van der Waals surface area (Å²) < 4.78 is 0. The largest absolute Gasteiger partial charge is 0.481 e. The number of rotatable bonds is 8. The third-order valence-electron chi connectivity index (χ3n) is 3.06. The van der Waals surface area contributed by atoms with Crippen LogP contribution in [0.5, 0.6) is 0 Å². The van der Waals surface area contributed by atoms with Crippen LogP contribution in [-0.4, -0.2) is 46.8 Å². The van der Waals surface area contributed by atoms with Crippen molar-refractivity contribution in [2.75, 3.05) is 19.7 Å². The van der Waals surface area contributed by atoms with Crippen molar-refractivity contribution in [2.45, 2.75) is 44.6 Å². The molecule has 15 heavy (non-hydrogen) atoms. The molecular weight excluding hydrogens is 194 g/mol.